The van der Waals surface area contributed by atoms with Crippen LogP contribution in [0.2, 0.25) is 0 Å². The summed E-state index contributed by atoms with van der Waals surface area (Å²) in [6, 6.07) is 5.68. The molecular formula is C15H19NO4. The Bertz CT molecular complexity index is 527. The van der Waals surface area contributed by atoms with Crippen molar-refractivity contribution in [2.75, 3.05) is 20.2 Å². The minimum absolute atomic E-state index is 0.0281. The number of carboxylic acid groups (broad SMARTS) is 1. The van der Waals surface area contributed by atoms with Gasteiger partial charge in [0.1, 0.15) is 5.75 Å². The van der Waals surface area contributed by atoms with Gasteiger partial charge in [0, 0.05) is 13.1 Å². The van der Waals surface area contributed by atoms with Crippen molar-refractivity contribution < 1.29 is 19.4 Å². The number of carbonyl (C=O) groups excluding carboxylic acids is 1. The summed E-state index contributed by atoms with van der Waals surface area (Å²) in [7, 11) is 1.60. The number of carboxylic acids is 1. The zero-order valence-corrected chi connectivity index (χ0v) is 11.8. The smallest absolute Gasteiger partial charge is 0.308 e. The molecule has 5 nitrogen and oxygen atoms in total. The quantitative estimate of drug-likeness (QED) is 0.905. The molecule has 1 unspecified atom stereocenters. The highest BCUT2D eigenvalue weighted by atomic mass is 16.5. The van der Waals surface area contributed by atoms with Gasteiger partial charge < -0.3 is 14.7 Å². The van der Waals surface area contributed by atoms with Gasteiger partial charge in [-0.2, -0.15) is 0 Å². The van der Waals surface area contributed by atoms with Gasteiger partial charge in [0.25, 0.3) is 0 Å². The van der Waals surface area contributed by atoms with E-state index in [0.29, 0.717) is 19.5 Å². The summed E-state index contributed by atoms with van der Waals surface area (Å²) in [5.41, 5.74) is 1.91. The van der Waals surface area contributed by atoms with Crippen LogP contribution in [-0.4, -0.2) is 42.1 Å². The normalized spacial score (nSPS) is 18.1. The molecule has 1 aromatic rings. The Hall–Kier alpha value is -2.04. The zero-order valence-electron chi connectivity index (χ0n) is 11.8. The van der Waals surface area contributed by atoms with Crippen molar-refractivity contribution in [1.82, 2.24) is 4.90 Å². The van der Waals surface area contributed by atoms with E-state index in [2.05, 4.69) is 0 Å². The lowest BCUT2D eigenvalue weighted by Crippen LogP contribution is -2.31. The molecule has 1 aliphatic rings. The largest absolute Gasteiger partial charge is 0.496 e. The fourth-order valence-electron chi connectivity index (χ4n) is 2.45. The Morgan fingerprint density at radius 2 is 2.20 bits per heavy atom. The molecule has 1 aliphatic heterocycles. The van der Waals surface area contributed by atoms with E-state index in [1.807, 2.05) is 25.1 Å². The molecule has 0 radical (unpaired) electrons. The predicted molar refractivity (Wildman–Crippen MR) is 73.8 cm³/mol. The third-order valence-corrected chi connectivity index (χ3v) is 3.72. The molecule has 0 aromatic heterocycles. The Balaban J connectivity index is 2.00. The first-order chi connectivity index (χ1) is 9.51. The molecule has 1 atom stereocenters. The van der Waals surface area contributed by atoms with E-state index in [9.17, 15) is 9.59 Å². The molecular weight excluding hydrogens is 258 g/mol. The number of nitrogens with zero attached hydrogens (tertiary/aromatic N) is 1. The van der Waals surface area contributed by atoms with Gasteiger partial charge >= 0.3 is 5.97 Å². The van der Waals surface area contributed by atoms with Gasteiger partial charge in [0.15, 0.2) is 0 Å². The van der Waals surface area contributed by atoms with E-state index < -0.39 is 11.9 Å². The summed E-state index contributed by atoms with van der Waals surface area (Å²) >= 11 is 0. The van der Waals surface area contributed by atoms with Crippen LogP contribution in [0, 0.1) is 12.8 Å². The number of hydrogen-bond acceptors (Lipinski definition) is 3. The van der Waals surface area contributed by atoms with Crippen LogP contribution in [-0.2, 0) is 16.0 Å². The van der Waals surface area contributed by atoms with E-state index in [0.717, 1.165) is 16.9 Å². The molecule has 20 heavy (non-hydrogen) atoms. The van der Waals surface area contributed by atoms with Crippen LogP contribution in [0.5, 0.6) is 5.75 Å². The molecule has 1 saturated heterocycles. The summed E-state index contributed by atoms with van der Waals surface area (Å²) in [5, 5.41) is 8.95. The van der Waals surface area contributed by atoms with Gasteiger partial charge in [-0.05, 0) is 30.5 Å². The first-order valence-corrected chi connectivity index (χ1v) is 6.65. The molecule has 0 aliphatic carbocycles. The van der Waals surface area contributed by atoms with Crippen molar-refractivity contribution >= 4 is 11.9 Å². The zero-order chi connectivity index (χ0) is 14.7. The van der Waals surface area contributed by atoms with Crippen molar-refractivity contribution in [2.24, 2.45) is 5.92 Å². The number of ether oxygens (including phenoxy) is 1. The predicted octanol–water partition coefficient (Wildman–Crippen LogP) is 1.48. The summed E-state index contributed by atoms with van der Waals surface area (Å²) in [5.74, 6) is -0.511. The highest BCUT2D eigenvalue weighted by Gasteiger charge is 2.30. The number of aryl methyl sites for hydroxylation is 1. The molecule has 0 bridgehead atoms. The molecule has 1 heterocycles. The SMILES string of the molecule is COc1cc(CC(=O)N2CCC(C(=O)O)C2)ccc1C. The van der Waals surface area contributed by atoms with Crippen LogP contribution in [0.3, 0.4) is 0 Å². The van der Waals surface area contributed by atoms with Crippen molar-refractivity contribution in [3.8, 4) is 5.75 Å². The van der Waals surface area contributed by atoms with E-state index in [1.165, 1.54) is 0 Å². The van der Waals surface area contributed by atoms with Gasteiger partial charge in [0.2, 0.25) is 5.91 Å². The maximum atomic E-state index is 12.2. The monoisotopic (exact) mass is 277 g/mol. The van der Waals surface area contributed by atoms with Crippen LogP contribution in [0.4, 0.5) is 0 Å². The number of rotatable bonds is 4. The second-order valence-electron chi connectivity index (χ2n) is 5.14. The standard InChI is InChI=1S/C15H19NO4/c1-10-3-4-11(7-13(10)20-2)8-14(17)16-6-5-12(9-16)15(18)19/h3-4,7,12H,5-6,8-9H2,1-2H3,(H,18,19). The van der Waals surface area contributed by atoms with Crippen molar-refractivity contribution in [2.45, 2.75) is 19.8 Å². The first-order valence-electron chi connectivity index (χ1n) is 6.65. The van der Waals surface area contributed by atoms with Crippen LogP contribution >= 0.6 is 0 Å². The van der Waals surface area contributed by atoms with Crippen LogP contribution in [0.15, 0.2) is 18.2 Å². The highest BCUT2D eigenvalue weighted by molar-refractivity contribution is 5.80. The average Bonchev–Trinajstić information content (AvgIpc) is 2.91. The number of benzene rings is 1. The first kappa shape index (κ1) is 14.4. The number of aliphatic carboxylic acids is 1. The molecule has 5 heteroatoms. The van der Waals surface area contributed by atoms with Crippen LogP contribution < -0.4 is 4.74 Å². The minimum Gasteiger partial charge on any atom is -0.496 e. The van der Waals surface area contributed by atoms with E-state index in [-0.39, 0.29) is 12.3 Å². The lowest BCUT2D eigenvalue weighted by molar-refractivity contribution is -0.141. The lowest BCUT2D eigenvalue weighted by Gasteiger charge is -2.16. The fraction of sp³-hybridized carbons (Fsp3) is 0.467. The number of methoxy groups -OCH3 is 1. The van der Waals surface area contributed by atoms with Gasteiger partial charge in [-0.3, -0.25) is 9.59 Å². The molecule has 1 fully saturated rings. The van der Waals surface area contributed by atoms with E-state index >= 15 is 0 Å². The Kier molecular flexibility index (Phi) is 4.27. The average molecular weight is 277 g/mol. The summed E-state index contributed by atoms with van der Waals surface area (Å²) < 4.78 is 5.24. The van der Waals surface area contributed by atoms with Crippen molar-refractivity contribution in [1.29, 1.82) is 0 Å². The fourth-order valence-corrected chi connectivity index (χ4v) is 2.45. The second kappa shape index (κ2) is 5.94. The topological polar surface area (TPSA) is 66.8 Å². The summed E-state index contributed by atoms with van der Waals surface area (Å²) in [6.07, 6.45) is 0.821. The number of amides is 1. The molecule has 0 saturated carbocycles. The Morgan fingerprint density at radius 3 is 2.80 bits per heavy atom. The molecule has 1 aromatic carbocycles. The molecule has 1 N–H and O–H groups in total. The number of likely N-dealkylation sites (tertiary alicyclic amines) is 1. The van der Waals surface area contributed by atoms with Gasteiger partial charge in [-0.1, -0.05) is 12.1 Å². The van der Waals surface area contributed by atoms with Crippen LogP contribution in [0.25, 0.3) is 0 Å². The maximum absolute atomic E-state index is 12.2. The van der Waals surface area contributed by atoms with Gasteiger partial charge in [-0.15, -0.1) is 0 Å². The van der Waals surface area contributed by atoms with Crippen LogP contribution in [0.1, 0.15) is 17.5 Å². The van der Waals surface area contributed by atoms with E-state index in [1.54, 1.807) is 12.0 Å². The molecule has 108 valence electrons. The summed E-state index contributed by atoms with van der Waals surface area (Å²) in [6.45, 7) is 2.79. The van der Waals surface area contributed by atoms with E-state index in [4.69, 9.17) is 9.84 Å². The Morgan fingerprint density at radius 1 is 1.45 bits per heavy atom. The Labute approximate surface area is 118 Å². The number of hydrogen-bond donors (Lipinski definition) is 1. The number of carbonyl (C=O) groups is 2. The molecule has 2 rings (SSSR count). The maximum Gasteiger partial charge on any atom is 0.308 e. The molecule has 0 spiro atoms. The minimum atomic E-state index is -0.822. The van der Waals surface area contributed by atoms with Gasteiger partial charge in [-0.25, -0.2) is 0 Å². The highest BCUT2D eigenvalue weighted by Crippen LogP contribution is 2.21. The lowest BCUT2D eigenvalue weighted by atomic mass is 10.1. The second-order valence-corrected chi connectivity index (χ2v) is 5.14. The third-order valence-electron chi connectivity index (χ3n) is 3.72. The molecule has 1 amide bonds. The summed E-state index contributed by atoms with van der Waals surface area (Å²) in [4.78, 5) is 24.7. The van der Waals surface area contributed by atoms with Crippen molar-refractivity contribution in [3.63, 3.8) is 0 Å². The van der Waals surface area contributed by atoms with Crippen molar-refractivity contribution in [3.05, 3.63) is 29.3 Å². The third kappa shape index (κ3) is 3.10. The van der Waals surface area contributed by atoms with Gasteiger partial charge in [0.05, 0.1) is 19.4 Å².